The molecule has 0 N–H and O–H groups in total. The van der Waals surface area contributed by atoms with E-state index in [0.29, 0.717) is 0 Å². The summed E-state index contributed by atoms with van der Waals surface area (Å²) in [6.45, 7) is 0. The number of halogens is 8. The summed E-state index contributed by atoms with van der Waals surface area (Å²) >= 11 is 44.7. The molecule has 0 fully saturated rings. The highest BCUT2D eigenvalue weighted by atomic mass is 35.6. The summed E-state index contributed by atoms with van der Waals surface area (Å²) in [5.41, 5.74) is 0. The topological polar surface area (TPSA) is 47.6 Å². The Balaban J connectivity index is 5.70. The van der Waals surface area contributed by atoms with Crippen molar-refractivity contribution in [2.24, 2.45) is 0 Å². The summed E-state index contributed by atoms with van der Waals surface area (Å²) in [5.74, 6) is 0. The molecule has 0 saturated carbocycles. The zero-order valence-electron chi connectivity index (χ0n) is 6.92. The number of hydrogen-bond acceptors (Lipinski definition) is 2. The summed E-state index contributed by atoms with van der Waals surface area (Å²) in [4.78, 5) is 0. The number of nitrogens with zero attached hydrogens (tertiary/aromatic N) is 2. The van der Waals surface area contributed by atoms with Gasteiger partial charge in [0.15, 0.2) is 0 Å². The molecule has 0 spiro atoms. The van der Waals surface area contributed by atoms with E-state index in [0.717, 1.165) is 0 Å². The van der Waals surface area contributed by atoms with Crippen LogP contribution in [0.1, 0.15) is 0 Å². The van der Waals surface area contributed by atoms with E-state index < -0.39 is 17.3 Å². The maximum Gasteiger partial charge on any atom is 0.238 e. The fourth-order valence-electron chi connectivity index (χ4n) is 0.535. The van der Waals surface area contributed by atoms with E-state index in [1.54, 1.807) is 0 Å². The van der Waals surface area contributed by atoms with E-state index in [1.165, 1.54) is 12.1 Å². The average molecular weight is 384 g/mol. The summed E-state index contributed by atoms with van der Waals surface area (Å²) < 4.78 is -9.88. The van der Waals surface area contributed by atoms with Gasteiger partial charge in [-0.1, -0.05) is 92.8 Å². The molecule has 0 heterocycles. The van der Waals surface area contributed by atoms with Crippen LogP contribution in [0.5, 0.6) is 0 Å². The standard InChI is InChI=1S/C6Cl8N2/c7-3(8,1-15)5(11,12)6(13,14)4(9,10)2-16. The molecule has 0 unspecified atom stereocenters. The fraction of sp³-hybridized carbons (Fsp3) is 0.667. The predicted octanol–water partition coefficient (Wildman–Crippen LogP) is 4.73. The zero-order chi connectivity index (χ0) is 13.4. The third kappa shape index (κ3) is 2.66. The van der Waals surface area contributed by atoms with Crippen molar-refractivity contribution in [1.82, 2.24) is 0 Å². The Hall–Kier alpha value is 1.30. The van der Waals surface area contributed by atoms with Gasteiger partial charge in [0.05, 0.1) is 0 Å². The monoisotopic (exact) mass is 380 g/mol. The van der Waals surface area contributed by atoms with Crippen LogP contribution in [0.3, 0.4) is 0 Å². The van der Waals surface area contributed by atoms with Crippen molar-refractivity contribution in [3.63, 3.8) is 0 Å². The van der Waals surface area contributed by atoms with Gasteiger partial charge in [0, 0.05) is 0 Å². The first-order valence-electron chi connectivity index (χ1n) is 3.21. The van der Waals surface area contributed by atoms with Crippen LogP contribution in [0, 0.1) is 22.7 Å². The van der Waals surface area contributed by atoms with Gasteiger partial charge < -0.3 is 0 Å². The molecule has 0 bridgehead atoms. The molecule has 0 amide bonds. The Labute approximate surface area is 132 Å². The van der Waals surface area contributed by atoms with E-state index >= 15 is 0 Å². The van der Waals surface area contributed by atoms with Crippen molar-refractivity contribution in [1.29, 1.82) is 10.5 Å². The Morgan fingerprint density at radius 3 is 0.875 bits per heavy atom. The summed E-state index contributed by atoms with van der Waals surface area (Å²) in [7, 11) is 0. The molecular formula is C6Cl8N2. The van der Waals surface area contributed by atoms with Gasteiger partial charge in [-0.15, -0.1) is 0 Å². The highest BCUT2D eigenvalue weighted by Gasteiger charge is 2.69. The van der Waals surface area contributed by atoms with Crippen molar-refractivity contribution < 1.29 is 0 Å². The van der Waals surface area contributed by atoms with E-state index in [1.807, 2.05) is 0 Å². The average Bonchev–Trinajstić information content (AvgIpc) is 2.16. The minimum absolute atomic E-state index is 1.36. The second-order valence-corrected chi connectivity index (χ2v) is 7.83. The van der Waals surface area contributed by atoms with Crippen LogP contribution >= 0.6 is 92.8 Å². The largest absolute Gasteiger partial charge is 0.238 e. The lowest BCUT2D eigenvalue weighted by Crippen LogP contribution is -2.57. The highest BCUT2D eigenvalue weighted by molar-refractivity contribution is 6.74. The third-order valence-corrected chi connectivity index (χ3v) is 6.36. The Morgan fingerprint density at radius 2 is 0.750 bits per heavy atom. The van der Waals surface area contributed by atoms with Gasteiger partial charge in [0.1, 0.15) is 12.1 Å². The molecule has 0 rings (SSSR count). The van der Waals surface area contributed by atoms with E-state index in [2.05, 4.69) is 0 Å². The van der Waals surface area contributed by atoms with Crippen molar-refractivity contribution in [2.45, 2.75) is 17.3 Å². The number of alkyl halides is 8. The Kier molecular flexibility index (Phi) is 5.54. The first-order valence-corrected chi connectivity index (χ1v) is 6.23. The second kappa shape index (κ2) is 5.12. The third-order valence-electron chi connectivity index (χ3n) is 1.46. The van der Waals surface area contributed by atoms with Crippen molar-refractivity contribution in [3.8, 4) is 12.1 Å². The van der Waals surface area contributed by atoms with Gasteiger partial charge in [-0.25, -0.2) is 0 Å². The molecule has 0 radical (unpaired) electrons. The van der Waals surface area contributed by atoms with Crippen LogP contribution in [0.2, 0.25) is 0 Å². The molecular weight excluding hydrogens is 384 g/mol. The maximum atomic E-state index is 8.66. The summed E-state index contributed by atoms with van der Waals surface area (Å²) in [6.07, 6.45) is 0. The number of hydrogen-bond donors (Lipinski definition) is 0. The lowest BCUT2D eigenvalue weighted by molar-refractivity contribution is 0.627. The first kappa shape index (κ1) is 17.3. The molecule has 10 heteroatoms. The first-order chi connectivity index (χ1) is 6.87. The Morgan fingerprint density at radius 1 is 0.562 bits per heavy atom. The molecule has 0 aromatic heterocycles. The fourth-order valence-corrected chi connectivity index (χ4v) is 2.22. The molecule has 2 nitrogen and oxygen atoms in total. The minimum Gasteiger partial charge on any atom is -0.195 e. The van der Waals surface area contributed by atoms with E-state index in [9.17, 15) is 0 Å². The smallest absolute Gasteiger partial charge is 0.195 e. The van der Waals surface area contributed by atoms with Crippen LogP contribution in [0.4, 0.5) is 0 Å². The van der Waals surface area contributed by atoms with Gasteiger partial charge in [-0.2, -0.15) is 10.5 Å². The molecule has 16 heavy (non-hydrogen) atoms. The molecule has 0 aliphatic heterocycles. The van der Waals surface area contributed by atoms with Crippen molar-refractivity contribution >= 4 is 92.8 Å². The molecule has 0 saturated heterocycles. The molecule has 0 aromatic carbocycles. The summed E-state index contributed by atoms with van der Waals surface area (Å²) in [6, 6.07) is 2.71. The van der Waals surface area contributed by atoms with Gasteiger partial charge in [0.2, 0.25) is 17.3 Å². The maximum absolute atomic E-state index is 8.66. The molecule has 0 aromatic rings. The number of nitriles is 2. The van der Waals surface area contributed by atoms with Crippen LogP contribution in [-0.2, 0) is 0 Å². The predicted molar refractivity (Wildman–Crippen MR) is 69.0 cm³/mol. The highest BCUT2D eigenvalue weighted by Crippen LogP contribution is 2.60. The van der Waals surface area contributed by atoms with Gasteiger partial charge in [-0.05, 0) is 0 Å². The van der Waals surface area contributed by atoms with Gasteiger partial charge in [-0.3, -0.25) is 0 Å². The number of rotatable bonds is 3. The van der Waals surface area contributed by atoms with Gasteiger partial charge >= 0.3 is 0 Å². The Bertz CT molecular complexity index is 324. The molecule has 0 aliphatic rings. The van der Waals surface area contributed by atoms with Crippen LogP contribution in [0.25, 0.3) is 0 Å². The molecule has 0 atom stereocenters. The molecule has 0 aliphatic carbocycles. The quantitative estimate of drug-likeness (QED) is 0.661. The normalized spacial score (nSPS) is 14.1. The van der Waals surface area contributed by atoms with Gasteiger partial charge in [0.25, 0.3) is 0 Å². The minimum atomic E-state index is -2.51. The van der Waals surface area contributed by atoms with Crippen LogP contribution in [0.15, 0.2) is 0 Å². The van der Waals surface area contributed by atoms with Crippen molar-refractivity contribution in [3.05, 3.63) is 0 Å². The lowest BCUT2D eigenvalue weighted by atomic mass is 10.1. The van der Waals surface area contributed by atoms with Crippen LogP contribution in [-0.4, -0.2) is 17.3 Å². The summed E-state index contributed by atoms with van der Waals surface area (Å²) in [5, 5.41) is 17.3. The second-order valence-electron chi connectivity index (χ2n) is 2.52. The van der Waals surface area contributed by atoms with Crippen LogP contribution < -0.4 is 0 Å². The zero-order valence-corrected chi connectivity index (χ0v) is 13.0. The van der Waals surface area contributed by atoms with E-state index in [-0.39, 0.29) is 0 Å². The molecule has 90 valence electrons. The SMILES string of the molecule is N#CC(Cl)(Cl)C(Cl)(Cl)C(Cl)(Cl)C(Cl)(Cl)C#N. The van der Waals surface area contributed by atoms with Crippen molar-refractivity contribution in [2.75, 3.05) is 0 Å². The van der Waals surface area contributed by atoms with E-state index in [4.69, 9.17) is 103 Å². The lowest BCUT2D eigenvalue weighted by Gasteiger charge is -2.40.